The highest BCUT2D eigenvalue weighted by atomic mass is 35.5. The lowest BCUT2D eigenvalue weighted by molar-refractivity contribution is -0.141. The summed E-state index contributed by atoms with van der Waals surface area (Å²) in [5, 5.41) is 2.76. The maximum atomic E-state index is 11.7. The van der Waals surface area contributed by atoms with Crippen molar-refractivity contribution in [3.8, 4) is 5.75 Å². The number of nitrogens with one attached hydrogen (secondary N) is 1. The van der Waals surface area contributed by atoms with Crippen molar-refractivity contribution < 1.29 is 19.1 Å². The summed E-state index contributed by atoms with van der Waals surface area (Å²) in [7, 11) is 1.34. The number of carbonyl (C=O) groups excluding carboxylic acids is 2. The van der Waals surface area contributed by atoms with Crippen molar-refractivity contribution in [3.63, 3.8) is 0 Å². The van der Waals surface area contributed by atoms with E-state index in [0.29, 0.717) is 11.4 Å². The number of carbonyl (C=O) groups is 2. The molecule has 1 aliphatic rings. The van der Waals surface area contributed by atoms with Gasteiger partial charge in [-0.1, -0.05) is 0 Å². The van der Waals surface area contributed by atoms with Crippen LogP contribution >= 0.6 is 12.4 Å². The Kier molecular flexibility index (Phi) is 5.99. The average Bonchev–Trinajstić information content (AvgIpc) is 3.20. The van der Waals surface area contributed by atoms with Gasteiger partial charge in [0.25, 0.3) is 0 Å². The number of methoxy groups -OCH3 is 1. The van der Waals surface area contributed by atoms with Gasteiger partial charge in [0, 0.05) is 5.69 Å². The summed E-state index contributed by atoms with van der Waals surface area (Å²) in [5.74, 6) is 0.157. The lowest BCUT2D eigenvalue weighted by atomic mass is 10.2. The molecule has 0 spiro atoms. The number of hydrogen-bond acceptors (Lipinski definition) is 5. The van der Waals surface area contributed by atoms with Crippen LogP contribution in [0.2, 0.25) is 0 Å². The molecule has 0 aliphatic heterocycles. The van der Waals surface area contributed by atoms with E-state index < -0.39 is 5.54 Å². The van der Waals surface area contributed by atoms with E-state index in [0.717, 1.165) is 12.8 Å². The first-order valence-corrected chi connectivity index (χ1v) is 6.43. The zero-order valence-corrected chi connectivity index (χ0v) is 12.6. The van der Waals surface area contributed by atoms with Crippen LogP contribution in [0.3, 0.4) is 0 Å². The minimum absolute atomic E-state index is 0. The molecule has 1 aliphatic carbocycles. The predicted molar refractivity (Wildman–Crippen MR) is 80.6 cm³/mol. The van der Waals surface area contributed by atoms with E-state index in [1.165, 1.54) is 7.11 Å². The monoisotopic (exact) mass is 314 g/mol. The summed E-state index contributed by atoms with van der Waals surface area (Å²) < 4.78 is 9.89. The second-order valence-corrected chi connectivity index (χ2v) is 4.81. The molecule has 1 aromatic rings. The highest BCUT2D eigenvalue weighted by Crippen LogP contribution is 2.33. The first-order chi connectivity index (χ1) is 9.53. The Hall–Kier alpha value is -1.79. The van der Waals surface area contributed by atoms with Gasteiger partial charge in [0.05, 0.1) is 25.7 Å². The van der Waals surface area contributed by atoms with E-state index in [-0.39, 0.29) is 37.3 Å². The smallest absolute Gasteiger partial charge is 0.308 e. The van der Waals surface area contributed by atoms with Gasteiger partial charge >= 0.3 is 5.97 Å². The summed E-state index contributed by atoms with van der Waals surface area (Å²) in [4.78, 5) is 22.7. The van der Waals surface area contributed by atoms with Gasteiger partial charge < -0.3 is 20.5 Å². The van der Waals surface area contributed by atoms with Gasteiger partial charge in [0.15, 0.2) is 0 Å². The molecule has 0 saturated heterocycles. The van der Waals surface area contributed by atoms with Crippen molar-refractivity contribution in [2.45, 2.75) is 24.8 Å². The number of amides is 1. The number of ether oxygens (including phenoxy) is 2. The molecule has 116 valence electrons. The largest absolute Gasteiger partial charge is 0.493 e. The maximum absolute atomic E-state index is 11.7. The van der Waals surface area contributed by atoms with E-state index in [4.69, 9.17) is 10.5 Å². The second kappa shape index (κ2) is 7.28. The first kappa shape index (κ1) is 17.3. The fourth-order valence-electron chi connectivity index (χ4n) is 1.61. The molecule has 1 fully saturated rings. The second-order valence-electron chi connectivity index (χ2n) is 4.81. The Balaban J connectivity index is 0.00000220. The lowest BCUT2D eigenvalue weighted by Crippen LogP contribution is -2.37. The number of rotatable bonds is 6. The molecule has 0 radical (unpaired) electrons. The van der Waals surface area contributed by atoms with E-state index >= 15 is 0 Å². The Morgan fingerprint density at radius 3 is 2.43 bits per heavy atom. The van der Waals surface area contributed by atoms with Crippen molar-refractivity contribution in [1.82, 2.24) is 0 Å². The van der Waals surface area contributed by atoms with Crippen LogP contribution < -0.4 is 15.8 Å². The Bertz CT molecular complexity index is 500. The highest BCUT2D eigenvalue weighted by molar-refractivity contribution is 6.00. The van der Waals surface area contributed by atoms with E-state index in [9.17, 15) is 9.59 Å². The fourth-order valence-corrected chi connectivity index (χ4v) is 1.61. The molecule has 7 heteroatoms. The van der Waals surface area contributed by atoms with Crippen LogP contribution in [0.15, 0.2) is 24.3 Å². The molecule has 3 N–H and O–H groups in total. The van der Waals surface area contributed by atoms with Crippen LogP contribution in [-0.2, 0) is 14.3 Å². The SMILES string of the molecule is COC(=O)CCOc1ccc(NC(=O)C2(N)CC2)cc1.Cl. The van der Waals surface area contributed by atoms with Crippen molar-refractivity contribution in [2.75, 3.05) is 19.0 Å². The average molecular weight is 315 g/mol. The molecule has 1 saturated carbocycles. The molecular weight excluding hydrogens is 296 g/mol. The Labute approximate surface area is 129 Å². The lowest BCUT2D eigenvalue weighted by Gasteiger charge is -2.11. The number of anilines is 1. The Morgan fingerprint density at radius 1 is 1.29 bits per heavy atom. The highest BCUT2D eigenvalue weighted by Gasteiger charge is 2.45. The van der Waals surface area contributed by atoms with Gasteiger partial charge in [-0.15, -0.1) is 12.4 Å². The van der Waals surface area contributed by atoms with Gasteiger partial charge in [-0.05, 0) is 37.1 Å². The molecule has 2 rings (SSSR count). The topological polar surface area (TPSA) is 90.6 Å². The summed E-state index contributed by atoms with van der Waals surface area (Å²) in [5.41, 5.74) is 5.78. The number of nitrogens with two attached hydrogens (primary N) is 1. The van der Waals surface area contributed by atoms with Crippen LogP contribution in [-0.4, -0.2) is 31.1 Å². The minimum atomic E-state index is -0.685. The van der Waals surface area contributed by atoms with Gasteiger partial charge in [-0.3, -0.25) is 9.59 Å². The molecule has 21 heavy (non-hydrogen) atoms. The predicted octanol–water partition coefficient (Wildman–Crippen LogP) is 1.48. The van der Waals surface area contributed by atoms with Crippen molar-refractivity contribution in [3.05, 3.63) is 24.3 Å². The van der Waals surface area contributed by atoms with Gasteiger partial charge in [0.1, 0.15) is 5.75 Å². The number of hydrogen-bond donors (Lipinski definition) is 2. The first-order valence-electron chi connectivity index (χ1n) is 6.43. The van der Waals surface area contributed by atoms with E-state index in [1.54, 1.807) is 24.3 Å². The van der Waals surface area contributed by atoms with Crippen molar-refractivity contribution in [2.24, 2.45) is 5.73 Å². The third-order valence-corrected chi connectivity index (χ3v) is 3.16. The molecule has 0 unspecified atom stereocenters. The number of halogens is 1. The van der Waals surface area contributed by atoms with Crippen molar-refractivity contribution >= 4 is 30.0 Å². The van der Waals surface area contributed by atoms with Gasteiger partial charge in [-0.2, -0.15) is 0 Å². The molecule has 0 aromatic heterocycles. The molecule has 0 bridgehead atoms. The summed E-state index contributed by atoms with van der Waals surface area (Å²) >= 11 is 0. The van der Waals surface area contributed by atoms with Crippen molar-refractivity contribution in [1.29, 1.82) is 0 Å². The standard InChI is InChI=1S/C14H18N2O4.ClH/c1-19-12(17)6-9-20-11-4-2-10(3-5-11)16-13(18)14(15)7-8-14;/h2-5H,6-9,15H2,1H3,(H,16,18);1H. The molecular formula is C14H19ClN2O4. The third-order valence-electron chi connectivity index (χ3n) is 3.16. The van der Waals surface area contributed by atoms with Crippen LogP contribution in [0.25, 0.3) is 0 Å². The Morgan fingerprint density at radius 2 is 1.90 bits per heavy atom. The summed E-state index contributed by atoms with van der Waals surface area (Å²) in [6.45, 7) is 0.254. The quantitative estimate of drug-likeness (QED) is 0.776. The summed E-state index contributed by atoms with van der Waals surface area (Å²) in [6.07, 6.45) is 1.66. The molecule has 0 heterocycles. The number of esters is 1. The van der Waals surface area contributed by atoms with Crippen LogP contribution in [0, 0.1) is 0 Å². The van der Waals surface area contributed by atoms with Gasteiger partial charge in [0.2, 0.25) is 5.91 Å². The third kappa shape index (κ3) is 4.91. The normalized spacial score (nSPS) is 14.6. The zero-order chi connectivity index (χ0) is 14.6. The number of benzene rings is 1. The van der Waals surface area contributed by atoms with Gasteiger partial charge in [-0.25, -0.2) is 0 Å². The van der Waals surface area contributed by atoms with Crippen LogP contribution in [0.5, 0.6) is 5.75 Å². The molecule has 0 atom stereocenters. The van der Waals surface area contributed by atoms with E-state index in [2.05, 4.69) is 10.1 Å². The minimum Gasteiger partial charge on any atom is -0.493 e. The summed E-state index contributed by atoms with van der Waals surface area (Å²) in [6, 6.07) is 6.92. The van der Waals surface area contributed by atoms with Crippen LogP contribution in [0.4, 0.5) is 5.69 Å². The zero-order valence-electron chi connectivity index (χ0n) is 11.8. The maximum Gasteiger partial charge on any atom is 0.308 e. The molecule has 1 amide bonds. The molecule has 6 nitrogen and oxygen atoms in total. The van der Waals surface area contributed by atoms with E-state index in [1.807, 2.05) is 0 Å². The van der Waals surface area contributed by atoms with Crippen LogP contribution in [0.1, 0.15) is 19.3 Å². The fraction of sp³-hybridized carbons (Fsp3) is 0.429. The molecule has 1 aromatic carbocycles.